The van der Waals surface area contributed by atoms with Crippen LogP contribution in [0.25, 0.3) is 0 Å². The van der Waals surface area contributed by atoms with Gasteiger partial charge in [-0.3, -0.25) is 4.79 Å². The van der Waals surface area contributed by atoms with Crippen LogP contribution in [0.15, 0.2) is 18.2 Å². The van der Waals surface area contributed by atoms with Crippen LogP contribution in [0, 0.1) is 0 Å². The zero-order chi connectivity index (χ0) is 14.1. The lowest BCUT2D eigenvalue weighted by molar-refractivity contribution is 0.0911. The maximum absolute atomic E-state index is 12.0. The summed E-state index contributed by atoms with van der Waals surface area (Å²) in [6.45, 7) is 3.79. The molecule has 5 nitrogen and oxygen atoms in total. The van der Waals surface area contributed by atoms with E-state index in [1.165, 1.54) is 7.11 Å². The van der Waals surface area contributed by atoms with Crippen LogP contribution in [0.3, 0.4) is 0 Å². The number of carbonyl (C=O) groups excluding carboxylic acids is 1. The first kappa shape index (κ1) is 15.3. The highest BCUT2D eigenvalue weighted by molar-refractivity contribution is 6.01. The number of ether oxygens (including phenoxy) is 2. The molecule has 0 atom stereocenters. The SMILES string of the molecule is CCCCOCCNC(=O)c1c(N)cccc1OC. The molecule has 1 rings (SSSR count). The van der Waals surface area contributed by atoms with Crippen molar-refractivity contribution in [2.75, 3.05) is 32.6 Å². The van der Waals surface area contributed by atoms with Gasteiger partial charge in [-0.1, -0.05) is 19.4 Å². The third-order valence-electron chi connectivity index (χ3n) is 2.68. The van der Waals surface area contributed by atoms with E-state index in [9.17, 15) is 4.79 Å². The Hall–Kier alpha value is -1.75. The number of carbonyl (C=O) groups is 1. The van der Waals surface area contributed by atoms with E-state index in [1.54, 1.807) is 18.2 Å². The summed E-state index contributed by atoms with van der Waals surface area (Å²) in [5.41, 5.74) is 6.58. The van der Waals surface area contributed by atoms with Gasteiger partial charge in [0, 0.05) is 18.8 Å². The minimum atomic E-state index is -0.242. The Morgan fingerprint density at radius 2 is 2.16 bits per heavy atom. The largest absolute Gasteiger partial charge is 0.496 e. The Balaban J connectivity index is 2.45. The molecule has 0 aliphatic rings. The van der Waals surface area contributed by atoms with Gasteiger partial charge in [-0.05, 0) is 18.6 Å². The van der Waals surface area contributed by atoms with E-state index in [-0.39, 0.29) is 5.91 Å². The molecular weight excluding hydrogens is 244 g/mol. The lowest BCUT2D eigenvalue weighted by atomic mass is 10.1. The van der Waals surface area contributed by atoms with Gasteiger partial charge in [0.15, 0.2) is 0 Å². The van der Waals surface area contributed by atoms with E-state index in [1.807, 2.05) is 0 Å². The number of nitrogen functional groups attached to an aromatic ring is 1. The minimum Gasteiger partial charge on any atom is -0.496 e. The molecule has 19 heavy (non-hydrogen) atoms. The molecule has 0 bridgehead atoms. The van der Waals surface area contributed by atoms with Crippen molar-refractivity contribution in [1.82, 2.24) is 5.32 Å². The summed E-state index contributed by atoms with van der Waals surface area (Å²) in [6.07, 6.45) is 2.14. The molecule has 1 aromatic rings. The fourth-order valence-electron chi connectivity index (χ4n) is 1.63. The van der Waals surface area contributed by atoms with Crippen LogP contribution in [-0.4, -0.2) is 32.8 Å². The predicted octanol–water partition coefficient (Wildman–Crippen LogP) is 1.82. The van der Waals surface area contributed by atoms with Crippen molar-refractivity contribution in [3.05, 3.63) is 23.8 Å². The smallest absolute Gasteiger partial charge is 0.257 e. The molecule has 0 saturated carbocycles. The summed E-state index contributed by atoms with van der Waals surface area (Å²) < 4.78 is 10.5. The number of unbranched alkanes of at least 4 members (excludes halogenated alkanes) is 1. The quantitative estimate of drug-likeness (QED) is 0.556. The summed E-state index contributed by atoms with van der Waals surface area (Å²) in [4.78, 5) is 12.0. The Morgan fingerprint density at radius 3 is 2.84 bits per heavy atom. The third-order valence-corrected chi connectivity index (χ3v) is 2.68. The number of rotatable bonds is 8. The number of amides is 1. The fourth-order valence-corrected chi connectivity index (χ4v) is 1.63. The summed E-state index contributed by atoms with van der Waals surface area (Å²) in [7, 11) is 1.51. The number of nitrogens with one attached hydrogen (secondary N) is 1. The highest BCUT2D eigenvalue weighted by Crippen LogP contribution is 2.23. The van der Waals surface area contributed by atoms with Gasteiger partial charge in [-0.15, -0.1) is 0 Å². The van der Waals surface area contributed by atoms with Crippen molar-refractivity contribution in [1.29, 1.82) is 0 Å². The normalized spacial score (nSPS) is 10.2. The number of hydrogen-bond donors (Lipinski definition) is 2. The standard InChI is InChI=1S/C14H22N2O3/c1-3-4-9-19-10-8-16-14(17)13-11(15)6-5-7-12(13)18-2/h5-7H,3-4,8-10,15H2,1-2H3,(H,16,17). The summed E-state index contributed by atoms with van der Waals surface area (Å²) in [5.74, 6) is 0.235. The molecule has 0 unspecified atom stereocenters. The highest BCUT2D eigenvalue weighted by atomic mass is 16.5. The summed E-state index contributed by atoms with van der Waals surface area (Å²) >= 11 is 0. The van der Waals surface area contributed by atoms with Crippen molar-refractivity contribution in [3.63, 3.8) is 0 Å². The van der Waals surface area contributed by atoms with Crippen LogP contribution >= 0.6 is 0 Å². The molecule has 0 saturated heterocycles. The number of anilines is 1. The molecule has 5 heteroatoms. The van der Waals surface area contributed by atoms with Crippen molar-refractivity contribution in [2.45, 2.75) is 19.8 Å². The van der Waals surface area contributed by atoms with E-state index in [2.05, 4.69) is 12.2 Å². The van der Waals surface area contributed by atoms with E-state index >= 15 is 0 Å². The molecule has 0 heterocycles. The first-order valence-electron chi connectivity index (χ1n) is 6.49. The van der Waals surface area contributed by atoms with E-state index in [0.29, 0.717) is 30.2 Å². The van der Waals surface area contributed by atoms with Crippen molar-refractivity contribution in [3.8, 4) is 5.75 Å². The van der Waals surface area contributed by atoms with E-state index in [0.717, 1.165) is 19.4 Å². The number of benzene rings is 1. The van der Waals surface area contributed by atoms with Crippen LogP contribution in [0.1, 0.15) is 30.1 Å². The second-order valence-electron chi connectivity index (χ2n) is 4.15. The van der Waals surface area contributed by atoms with Gasteiger partial charge >= 0.3 is 0 Å². The Morgan fingerprint density at radius 1 is 1.37 bits per heavy atom. The van der Waals surface area contributed by atoms with Gasteiger partial charge < -0.3 is 20.5 Å². The first-order chi connectivity index (χ1) is 9.20. The van der Waals surface area contributed by atoms with Crippen molar-refractivity contribution in [2.24, 2.45) is 0 Å². The molecule has 0 spiro atoms. The fraction of sp³-hybridized carbons (Fsp3) is 0.500. The van der Waals surface area contributed by atoms with Gasteiger partial charge in [0.2, 0.25) is 0 Å². The maximum Gasteiger partial charge on any atom is 0.257 e. The Bertz CT molecular complexity index is 408. The van der Waals surface area contributed by atoms with Crippen LogP contribution < -0.4 is 15.8 Å². The number of hydrogen-bond acceptors (Lipinski definition) is 4. The molecule has 0 fully saturated rings. The molecule has 106 valence electrons. The molecular formula is C14H22N2O3. The number of methoxy groups -OCH3 is 1. The highest BCUT2D eigenvalue weighted by Gasteiger charge is 2.14. The van der Waals surface area contributed by atoms with Crippen molar-refractivity contribution >= 4 is 11.6 Å². The van der Waals surface area contributed by atoms with Gasteiger partial charge in [-0.25, -0.2) is 0 Å². The van der Waals surface area contributed by atoms with Gasteiger partial charge in [-0.2, -0.15) is 0 Å². The van der Waals surface area contributed by atoms with Crippen LogP contribution in [-0.2, 0) is 4.74 Å². The topological polar surface area (TPSA) is 73.6 Å². The van der Waals surface area contributed by atoms with Gasteiger partial charge in [0.25, 0.3) is 5.91 Å². The lowest BCUT2D eigenvalue weighted by Crippen LogP contribution is -2.28. The Kier molecular flexibility index (Phi) is 6.74. The Labute approximate surface area is 114 Å². The van der Waals surface area contributed by atoms with Crippen LogP contribution in [0.5, 0.6) is 5.75 Å². The van der Waals surface area contributed by atoms with E-state index in [4.69, 9.17) is 15.2 Å². The minimum absolute atomic E-state index is 0.242. The molecule has 0 aromatic heterocycles. The first-order valence-corrected chi connectivity index (χ1v) is 6.49. The maximum atomic E-state index is 12.0. The summed E-state index contributed by atoms with van der Waals surface area (Å²) in [6, 6.07) is 5.14. The van der Waals surface area contributed by atoms with Crippen LogP contribution in [0.4, 0.5) is 5.69 Å². The monoisotopic (exact) mass is 266 g/mol. The molecule has 1 aromatic carbocycles. The van der Waals surface area contributed by atoms with Gasteiger partial charge in [0.1, 0.15) is 11.3 Å². The zero-order valence-corrected chi connectivity index (χ0v) is 11.6. The average molecular weight is 266 g/mol. The third kappa shape index (κ3) is 4.79. The van der Waals surface area contributed by atoms with Gasteiger partial charge in [0.05, 0.1) is 13.7 Å². The zero-order valence-electron chi connectivity index (χ0n) is 11.6. The second-order valence-corrected chi connectivity index (χ2v) is 4.15. The lowest BCUT2D eigenvalue weighted by Gasteiger charge is -2.11. The molecule has 0 aliphatic carbocycles. The second kappa shape index (κ2) is 8.37. The molecule has 0 radical (unpaired) electrons. The molecule has 3 N–H and O–H groups in total. The average Bonchev–Trinajstić information content (AvgIpc) is 2.42. The van der Waals surface area contributed by atoms with E-state index < -0.39 is 0 Å². The molecule has 1 amide bonds. The molecule has 0 aliphatic heterocycles. The summed E-state index contributed by atoms with van der Waals surface area (Å²) in [5, 5.41) is 2.77. The number of nitrogens with two attached hydrogens (primary N) is 1. The van der Waals surface area contributed by atoms with Crippen molar-refractivity contribution < 1.29 is 14.3 Å². The van der Waals surface area contributed by atoms with Crippen LogP contribution in [0.2, 0.25) is 0 Å². The predicted molar refractivity (Wildman–Crippen MR) is 75.5 cm³/mol.